The summed E-state index contributed by atoms with van der Waals surface area (Å²) >= 11 is 5.36. The zero-order chi connectivity index (χ0) is 12.9. The van der Waals surface area contributed by atoms with Crippen molar-refractivity contribution < 1.29 is 18.1 Å². The van der Waals surface area contributed by atoms with Crippen molar-refractivity contribution in [1.29, 1.82) is 0 Å². The van der Waals surface area contributed by atoms with E-state index in [1.54, 1.807) is 5.32 Å². The molecule has 0 aliphatic heterocycles. The van der Waals surface area contributed by atoms with Gasteiger partial charge in [-0.2, -0.15) is 13.2 Å². The highest BCUT2D eigenvalue weighted by atomic mass is 35.5. The Balaban J connectivity index is 5.08. The average Bonchev–Trinajstić information content (AvgIpc) is 2.08. The smallest absolute Gasteiger partial charge is 0.370 e. The first-order chi connectivity index (χ1) is 7.19. The highest BCUT2D eigenvalue weighted by Gasteiger charge is 2.29. The minimum Gasteiger partial charge on any atom is -0.370 e. The van der Waals surface area contributed by atoms with Crippen molar-refractivity contribution in [1.82, 2.24) is 5.32 Å². The van der Waals surface area contributed by atoms with Gasteiger partial charge in [0.25, 0.3) is 5.70 Å². The summed E-state index contributed by atoms with van der Waals surface area (Å²) in [7, 11) is 0. The fourth-order valence-electron chi connectivity index (χ4n) is 0.782. The van der Waals surface area contributed by atoms with Crippen LogP contribution >= 0.6 is 11.6 Å². The molecule has 0 amide bonds. The third kappa shape index (κ3) is 4.83. The number of nitrogens with zero attached hydrogens (tertiary/aromatic N) is 1. The van der Waals surface area contributed by atoms with E-state index < -0.39 is 34.1 Å². The van der Waals surface area contributed by atoms with Crippen LogP contribution in [0.1, 0.15) is 0 Å². The second kappa shape index (κ2) is 5.55. The number of halogens is 4. The van der Waals surface area contributed by atoms with E-state index in [1.165, 1.54) is 0 Å². The molecule has 0 saturated carbocycles. The van der Waals surface area contributed by atoms with Gasteiger partial charge >= 0.3 is 6.18 Å². The first-order valence-corrected chi connectivity index (χ1v) is 4.23. The molecule has 0 rings (SSSR count). The summed E-state index contributed by atoms with van der Waals surface area (Å²) in [6, 6.07) is 0. The molecule has 0 spiro atoms. The lowest BCUT2D eigenvalue weighted by molar-refractivity contribution is -0.420. The van der Waals surface area contributed by atoms with Crippen LogP contribution in [0.3, 0.4) is 0 Å². The number of alkyl halides is 3. The molecule has 90 valence electrons. The normalized spacial score (nSPS) is 12.8. The zero-order valence-corrected chi connectivity index (χ0v) is 8.73. The van der Waals surface area contributed by atoms with Crippen molar-refractivity contribution in [3.8, 4) is 0 Å². The van der Waals surface area contributed by atoms with Crippen molar-refractivity contribution in [3.63, 3.8) is 0 Å². The van der Waals surface area contributed by atoms with Crippen molar-refractivity contribution >= 4 is 11.6 Å². The van der Waals surface area contributed by atoms with Gasteiger partial charge in [-0.15, -0.1) is 0 Å². The van der Waals surface area contributed by atoms with Gasteiger partial charge in [-0.1, -0.05) is 24.8 Å². The van der Waals surface area contributed by atoms with Gasteiger partial charge in [0.2, 0.25) is 0 Å². The maximum atomic E-state index is 11.9. The van der Waals surface area contributed by atoms with E-state index in [-0.39, 0.29) is 0 Å². The molecule has 0 bridgehead atoms. The summed E-state index contributed by atoms with van der Waals surface area (Å²) in [5.41, 5.74) is -1.16. The first kappa shape index (κ1) is 14.5. The van der Waals surface area contributed by atoms with E-state index in [1.807, 2.05) is 0 Å². The van der Waals surface area contributed by atoms with Crippen molar-refractivity contribution in [2.75, 3.05) is 6.54 Å². The Morgan fingerprint density at radius 3 is 2.31 bits per heavy atom. The Bertz CT molecular complexity index is 350. The van der Waals surface area contributed by atoms with Gasteiger partial charge in [-0.3, -0.25) is 10.1 Å². The van der Waals surface area contributed by atoms with E-state index in [0.29, 0.717) is 0 Å². The number of hydrogen-bond donors (Lipinski definition) is 1. The largest absolute Gasteiger partial charge is 0.405 e. The zero-order valence-electron chi connectivity index (χ0n) is 7.97. The lowest BCUT2D eigenvalue weighted by Crippen LogP contribution is -2.29. The molecule has 0 fully saturated rings. The Kier molecular flexibility index (Phi) is 5.03. The van der Waals surface area contributed by atoms with Crippen LogP contribution in [-0.2, 0) is 0 Å². The van der Waals surface area contributed by atoms with Crippen LogP contribution in [0.25, 0.3) is 0 Å². The number of nitrogens with one attached hydrogen (secondary N) is 1. The maximum Gasteiger partial charge on any atom is 0.405 e. The van der Waals surface area contributed by atoms with E-state index >= 15 is 0 Å². The van der Waals surface area contributed by atoms with Crippen LogP contribution in [0.2, 0.25) is 0 Å². The lowest BCUT2D eigenvalue weighted by atomic mass is 10.3. The molecule has 0 aliphatic rings. The highest BCUT2D eigenvalue weighted by Crippen LogP contribution is 2.19. The van der Waals surface area contributed by atoms with E-state index in [0.717, 1.165) is 6.08 Å². The fourth-order valence-corrected chi connectivity index (χ4v) is 0.946. The molecule has 0 aromatic heterocycles. The molecule has 4 nitrogen and oxygen atoms in total. The monoisotopic (exact) mass is 256 g/mol. The minimum absolute atomic E-state index is 0.393. The van der Waals surface area contributed by atoms with Crippen molar-refractivity contribution in [3.05, 3.63) is 45.8 Å². The molecule has 8 heteroatoms. The fraction of sp³-hybridized carbons (Fsp3) is 0.250. The van der Waals surface area contributed by atoms with Crippen LogP contribution in [0.5, 0.6) is 0 Å². The van der Waals surface area contributed by atoms with Gasteiger partial charge < -0.3 is 5.32 Å². The Morgan fingerprint density at radius 2 is 2.06 bits per heavy atom. The van der Waals surface area contributed by atoms with Crippen LogP contribution in [0.4, 0.5) is 13.2 Å². The average molecular weight is 257 g/mol. The minimum atomic E-state index is -4.51. The molecule has 0 unspecified atom stereocenters. The third-order valence-electron chi connectivity index (χ3n) is 1.38. The van der Waals surface area contributed by atoms with E-state index in [2.05, 4.69) is 13.2 Å². The van der Waals surface area contributed by atoms with Crippen molar-refractivity contribution in [2.45, 2.75) is 6.18 Å². The van der Waals surface area contributed by atoms with Crippen molar-refractivity contribution in [2.24, 2.45) is 0 Å². The van der Waals surface area contributed by atoms with E-state index in [9.17, 15) is 23.3 Å². The molecular formula is C8H8ClF3N2O2. The standard InChI is InChI=1S/C8H8ClF3N2O2/c1-3-6(14(15)16)7(5(2)9)13-4-8(10,11)12/h3,13H,1-2,4H2/b7-6-. The quantitative estimate of drug-likeness (QED) is 0.467. The van der Waals surface area contributed by atoms with Gasteiger partial charge in [-0.05, 0) is 0 Å². The van der Waals surface area contributed by atoms with E-state index in [4.69, 9.17) is 11.6 Å². The van der Waals surface area contributed by atoms with Gasteiger partial charge in [0.1, 0.15) is 12.2 Å². The molecular weight excluding hydrogens is 249 g/mol. The second-order valence-electron chi connectivity index (χ2n) is 2.60. The predicted octanol–water partition coefficient (Wildman–Crippen LogP) is 2.57. The molecule has 16 heavy (non-hydrogen) atoms. The van der Waals surface area contributed by atoms with Crippen LogP contribution in [0.15, 0.2) is 35.7 Å². The van der Waals surface area contributed by atoms with Gasteiger partial charge in [-0.25, -0.2) is 0 Å². The van der Waals surface area contributed by atoms with Gasteiger partial charge in [0.15, 0.2) is 0 Å². The topological polar surface area (TPSA) is 55.2 Å². The molecule has 0 atom stereocenters. The molecule has 1 N–H and O–H groups in total. The Labute approximate surface area is 94.2 Å². The summed E-state index contributed by atoms with van der Waals surface area (Å²) < 4.78 is 35.7. The summed E-state index contributed by atoms with van der Waals surface area (Å²) in [5, 5.41) is 11.9. The van der Waals surface area contributed by atoms with Crippen LogP contribution in [-0.4, -0.2) is 17.6 Å². The maximum absolute atomic E-state index is 11.9. The number of hydrogen-bond acceptors (Lipinski definition) is 3. The molecule has 0 aliphatic carbocycles. The molecule has 0 aromatic rings. The Hall–Kier alpha value is -1.50. The first-order valence-electron chi connectivity index (χ1n) is 3.85. The molecule has 0 saturated heterocycles. The molecule has 0 radical (unpaired) electrons. The number of allylic oxidation sites excluding steroid dienone is 2. The van der Waals surface area contributed by atoms with Gasteiger partial charge in [0.05, 0.1) is 9.96 Å². The lowest BCUT2D eigenvalue weighted by Gasteiger charge is -2.11. The summed E-state index contributed by atoms with van der Waals surface area (Å²) in [5.74, 6) is 0. The summed E-state index contributed by atoms with van der Waals surface area (Å²) in [6.07, 6.45) is -3.73. The molecule has 0 aromatic carbocycles. The predicted molar refractivity (Wildman–Crippen MR) is 53.3 cm³/mol. The third-order valence-corrected chi connectivity index (χ3v) is 1.57. The van der Waals surface area contributed by atoms with Crippen LogP contribution < -0.4 is 5.32 Å². The van der Waals surface area contributed by atoms with Gasteiger partial charge in [0, 0.05) is 6.08 Å². The summed E-state index contributed by atoms with van der Waals surface area (Å²) in [6.45, 7) is 4.80. The Morgan fingerprint density at radius 1 is 1.56 bits per heavy atom. The van der Waals surface area contributed by atoms with Crippen LogP contribution in [0, 0.1) is 10.1 Å². The number of nitro groups is 1. The second-order valence-corrected chi connectivity index (χ2v) is 3.05. The number of rotatable bonds is 5. The highest BCUT2D eigenvalue weighted by molar-refractivity contribution is 6.31. The SMILES string of the molecule is C=C/C(=C(/NCC(F)(F)F)C(=C)Cl)[N+](=O)[O-]. The molecule has 0 heterocycles. The summed E-state index contributed by atoms with van der Waals surface area (Å²) in [4.78, 5) is 9.55.